The summed E-state index contributed by atoms with van der Waals surface area (Å²) in [7, 11) is 0. The third kappa shape index (κ3) is 15.7. The number of allylic oxidation sites excluding steroid dienone is 1. The highest BCUT2D eigenvalue weighted by Crippen LogP contribution is 2.69. The van der Waals surface area contributed by atoms with Crippen LogP contribution in [0.2, 0.25) is 10.0 Å². The van der Waals surface area contributed by atoms with E-state index in [1.54, 1.807) is 60.7 Å². The van der Waals surface area contributed by atoms with Gasteiger partial charge in [0, 0.05) is 0 Å². The van der Waals surface area contributed by atoms with Gasteiger partial charge in [-0.05, 0) is 228 Å². The van der Waals surface area contributed by atoms with Crippen LogP contribution >= 0.6 is 23.2 Å². The largest absolute Gasteiger partial charge is 0.488 e. The van der Waals surface area contributed by atoms with Crippen molar-refractivity contribution in [1.82, 2.24) is 0 Å². The Morgan fingerprint density at radius 3 is 1.39 bits per heavy atom. The van der Waals surface area contributed by atoms with Crippen molar-refractivity contribution >= 4 is 64.6 Å². The smallest absolute Gasteiger partial charge is 0.339 e. The topological polar surface area (TPSA) is 261 Å². The van der Waals surface area contributed by atoms with E-state index in [4.69, 9.17) is 42.1 Å². The lowest BCUT2D eigenvalue weighted by molar-refractivity contribution is -0.121. The standard InChI is InChI=1S/C77H84Cl2O16/c1-43(2)8-6-9-44(3)61-24-25-62-56-23-22-54-32-45(28-30-76(54,4)63(56)29-31-77(61,62)5)10-7-11-55(52-35-59(74(88)89)68(64(78)37-52)94-41-48-16-12-46(13-17-48)39-92-66-26-20-50(70(80)81)33-57(66)72(84)85)53-36-60(75(90)91)69(65(79)38-53)95-42-49-18-14-47(15-19-49)40-93-67-27-21-51(71(82)83)34-58(67)73(86)87/h11-21,26-27,33-38,43-45,54,56,61-63H,6-10,22-25,28-32,39-42H2,1-5H3,(H,80,81)(H,82,83)(H,84,85)(H,86,87)(H,88,89)(H,90,91)/t44?,45-,54?,56?,61+,62?,63?,76-,77+/m0/s1. The summed E-state index contributed by atoms with van der Waals surface area (Å²) < 4.78 is 23.9. The number of aromatic carboxylic acids is 6. The fourth-order valence-electron chi connectivity index (χ4n) is 16.6. The predicted octanol–water partition coefficient (Wildman–Crippen LogP) is 18.4. The maximum Gasteiger partial charge on any atom is 0.339 e. The predicted molar refractivity (Wildman–Crippen MR) is 361 cm³/mol. The first-order valence-corrected chi connectivity index (χ1v) is 33.8. The number of ether oxygens (including phenoxy) is 4. The summed E-state index contributed by atoms with van der Waals surface area (Å²) in [5, 5.41) is 59.7. The molecule has 4 aliphatic rings. The van der Waals surface area contributed by atoms with E-state index in [2.05, 4.69) is 34.6 Å². The van der Waals surface area contributed by atoms with Gasteiger partial charge in [-0.15, -0.1) is 0 Å². The quantitative estimate of drug-likeness (QED) is 0.0267. The van der Waals surface area contributed by atoms with Gasteiger partial charge in [0.2, 0.25) is 0 Å². The molecular formula is C77H84Cl2O16. The first kappa shape index (κ1) is 69.5. The number of carboxylic acid groups (broad SMARTS) is 6. The highest BCUT2D eigenvalue weighted by atomic mass is 35.5. The van der Waals surface area contributed by atoms with Gasteiger partial charge in [-0.3, -0.25) is 0 Å². The molecule has 95 heavy (non-hydrogen) atoms. The summed E-state index contributed by atoms with van der Waals surface area (Å²) >= 11 is 14.1. The molecule has 5 unspecified atom stereocenters. The van der Waals surface area contributed by atoms with Gasteiger partial charge in [-0.25, -0.2) is 28.8 Å². The second-order valence-electron chi connectivity index (χ2n) is 27.7. The average molecular weight is 1340 g/mol. The van der Waals surface area contributed by atoms with E-state index in [1.807, 2.05) is 6.08 Å². The van der Waals surface area contributed by atoms with E-state index in [1.165, 1.54) is 101 Å². The summed E-state index contributed by atoms with van der Waals surface area (Å²) in [6, 6.07) is 27.2. The van der Waals surface area contributed by atoms with Crippen LogP contribution in [0.25, 0.3) is 5.57 Å². The van der Waals surface area contributed by atoms with E-state index in [-0.39, 0.29) is 92.9 Å². The van der Waals surface area contributed by atoms with Crippen molar-refractivity contribution < 1.29 is 78.4 Å². The maximum absolute atomic E-state index is 13.3. The van der Waals surface area contributed by atoms with E-state index >= 15 is 0 Å². The number of hydrogen-bond acceptors (Lipinski definition) is 10. The summed E-state index contributed by atoms with van der Waals surface area (Å²) in [6.07, 6.45) is 18.9. The minimum Gasteiger partial charge on any atom is -0.488 e. The Morgan fingerprint density at radius 2 is 0.937 bits per heavy atom. The van der Waals surface area contributed by atoms with E-state index in [0.29, 0.717) is 68.0 Å². The SMILES string of the molecule is CC(C)CCCC(C)[C@H]1CCC2C3CCC4C[C@@H](CCC=C(c5cc(Cl)c(OCc6ccc(COc7ccc(C(=O)O)cc7C(=O)O)cc6)c(C(=O)O)c5)c5cc(Cl)c(OCc6ccc(COc7ccc(C(=O)O)cc7C(=O)O)cc6)c(C(=O)O)c5)CC[C@]4(C)C3CC[C@@]21C. The van der Waals surface area contributed by atoms with Gasteiger partial charge in [0.05, 0.1) is 21.2 Å². The molecule has 502 valence electrons. The van der Waals surface area contributed by atoms with Crippen LogP contribution in [-0.2, 0) is 26.4 Å². The number of hydrogen-bond donors (Lipinski definition) is 6. The molecule has 0 saturated heterocycles. The zero-order valence-corrected chi connectivity index (χ0v) is 55.8. The molecule has 10 rings (SSSR count). The third-order valence-electron chi connectivity index (χ3n) is 21.6. The van der Waals surface area contributed by atoms with Crippen molar-refractivity contribution in [3.8, 4) is 23.0 Å². The molecule has 6 aromatic carbocycles. The minimum atomic E-state index is -1.34. The number of carboxylic acids is 6. The van der Waals surface area contributed by atoms with E-state index in [9.17, 15) is 59.4 Å². The molecule has 0 bridgehead atoms. The minimum absolute atomic E-state index is 0.00469. The highest BCUT2D eigenvalue weighted by Gasteiger charge is 2.60. The Morgan fingerprint density at radius 1 is 0.495 bits per heavy atom. The molecule has 6 N–H and O–H groups in total. The molecule has 0 aromatic heterocycles. The normalized spacial score (nSPS) is 22.3. The van der Waals surface area contributed by atoms with Crippen LogP contribution in [0.1, 0.15) is 220 Å². The van der Waals surface area contributed by atoms with Crippen LogP contribution in [0.3, 0.4) is 0 Å². The molecule has 0 spiro atoms. The highest BCUT2D eigenvalue weighted by molar-refractivity contribution is 6.33. The van der Waals surface area contributed by atoms with Crippen LogP contribution in [0, 0.1) is 58.2 Å². The van der Waals surface area contributed by atoms with Crippen molar-refractivity contribution in [3.05, 3.63) is 192 Å². The summed E-state index contributed by atoms with van der Waals surface area (Å²) in [6.45, 7) is 12.2. The molecular weight excluding hydrogens is 1250 g/mol. The van der Waals surface area contributed by atoms with Gasteiger partial charge < -0.3 is 49.6 Å². The van der Waals surface area contributed by atoms with Crippen LogP contribution in [0.5, 0.6) is 23.0 Å². The molecule has 4 fully saturated rings. The molecule has 0 heterocycles. The van der Waals surface area contributed by atoms with Gasteiger partial charge in [0.25, 0.3) is 0 Å². The molecule has 9 atom stereocenters. The van der Waals surface area contributed by atoms with Crippen LogP contribution in [0.15, 0.2) is 115 Å². The van der Waals surface area contributed by atoms with Gasteiger partial charge in [-0.1, -0.05) is 132 Å². The number of carbonyl (C=O) groups is 6. The summed E-state index contributed by atoms with van der Waals surface area (Å²) in [5.74, 6) is -2.31. The molecule has 16 nitrogen and oxygen atoms in total. The van der Waals surface area contributed by atoms with Crippen LogP contribution < -0.4 is 18.9 Å². The maximum atomic E-state index is 13.3. The van der Waals surface area contributed by atoms with Crippen molar-refractivity contribution in [1.29, 1.82) is 0 Å². The molecule has 6 aromatic rings. The Kier molecular flexibility index (Phi) is 21.8. The first-order valence-electron chi connectivity index (χ1n) is 33.0. The fraction of sp³-hybridized carbons (Fsp3) is 0.429. The van der Waals surface area contributed by atoms with Crippen LogP contribution in [-0.4, -0.2) is 66.5 Å². The van der Waals surface area contributed by atoms with Crippen LogP contribution in [0.4, 0.5) is 0 Å². The fourth-order valence-corrected chi connectivity index (χ4v) is 17.2. The van der Waals surface area contributed by atoms with Crippen molar-refractivity contribution in [3.63, 3.8) is 0 Å². The first-order chi connectivity index (χ1) is 45.3. The molecule has 4 saturated carbocycles. The lowest BCUT2D eigenvalue weighted by atomic mass is 9.44. The third-order valence-corrected chi connectivity index (χ3v) is 22.1. The Balaban J connectivity index is 0.867. The summed E-state index contributed by atoms with van der Waals surface area (Å²) in [4.78, 5) is 73.2. The second-order valence-corrected chi connectivity index (χ2v) is 28.5. The Bertz CT molecular complexity index is 3700. The lowest BCUT2D eigenvalue weighted by Crippen LogP contribution is -2.53. The summed E-state index contributed by atoms with van der Waals surface area (Å²) in [5.41, 5.74) is 3.17. The lowest BCUT2D eigenvalue weighted by Gasteiger charge is -2.61. The average Bonchev–Trinajstić information content (AvgIpc) is 1.71. The van der Waals surface area contributed by atoms with E-state index < -0.39 is 35.8 Å². The molecule has 0 amide bonds. The van der Waals surface area contributed by atoms with Gasteiger partial charge in [0.1, 0.15) is 60.2 Å². The zero-order valence-electron chi connectivity index (χ0n) is 54.3. The van der Waals surface area contributed by atoms with Gasteiger partial charge in [0.15, 0.2) is 11.5 Å². The number of fused-ring (bicyclic) bond motifs is 5. The monoisotopic (exact) mass is 1330 g/mol. The zero-order chi connectivity index (χ0) is 68.0. The number of halogens is 2. The number of rotatable bonds is 28. The molecule has 0 aliphatic heterocycles. The van der Waals surface area contributed by atoms with Crippen molar-refractivity contribution in [2.24, 2.45) is 58.2 Å². The van der Waals surface area contributed by atoms with Gasteiger partial charge >= 0.3 is 35.8 Å². The molecule has 18 heteroatoms. The van der Waals surface area contributed by atoms with E-state index in [0.717, 1.165) is 66.9 Å². The van der Waals surface area contributed by atoms with Crippen molar-refractivity contribution in [2.75, 3.05) is 0 Å². The Labute approximate surface area is 564 Å². The van der Waals surface area contributed by atoms with Gasteiger partial charge in [-0.2, -0.15) is 0 Å². The molecule has 4 aliphatic carbocycles. The Hall–Kier alpha value is -8.34. The molecule has 0 radical (unpaired) electrons. The number of benzene rings is 6. The van der Waals surface area contributed by atoms with Crippen molar-refractivity contribution in [2.45, 2.75) is 151 Å². The second kappa shape index (κ2) is 29.7.